The minimum Gasteiger partial charge on any atom is -0.493 e. The van der Waals surface area contributed by atoms with Gasteiger partial charge in [0.05, 0.1) is 18.0 Å². The van der Waals surface area contributed by atoms with Crippen LogP contribution < -0.4 is 10.4 Å². The lowest BCUT2D eigenvalue weighted by molar-refractivity contribution is 0.282. The molecule has 0 fully saturated rings. The summed E-state index contributed by atoms with van der Waals surface area (Å²) < 4.78 is 14.0. The zero-order chi connectivity index (χ0) is 22.7. The number of benzene rings is 2. The predicted octanol–water partition coefficient (Wildman–Crippen LogP) is 2.96. The van der Waals surface area contributed by atoms with Gasteiger partial charge < -0.3 is 9.47 Å². The van der Waals surface area contributed by atoms with E-state index in [1.165, 1.54) is 14.9 Å². The zero-order valence-electron chi connectivity index (χ0n) is 18.7. The average molecular weight is 435 g/mol. The van der Waals surface area contributed by atoms with Crippen molar-refractivity contribution in [2.45, 2.75) is 40.2 Å². The molecule has 0 amide bonds. The van der Waals surface area contributed by atoms with Gasteiger partial charge in [0.2, 0.25) is 5.90 Å². The second kappa shape index (κ2) is 9.17. The van der Waals surface area contributed by atoms with Gasteiger partial charge in [-0.2, -0.15) is 14.5 Å². The van der Waals surface area contributed by atoms with Crippen LogP contribution in [0.25, 0.3) is 5.69 Å². The normalized spacial score (nSPS) is 13.8. The highest BCUT2D eigenvalue weighted by Crippen LogP contribution is 2.26. The van der Waals surface area contributed by atoms with Crippen LogP contribution in [-0.4, -0.2) is 38.0 Å². The van der Waals surface area contributed by atoms with Crippen molar-refractivity contribution >= 4 is 11.6 Å². The van der Waals surface area contributed by atoms with Crippen LogP contribution in [0.3, 0.4) is 0 Å². The van der Waals surface area contributed by atoms with Crippen molar-refractivity contribution in [3.8, 4) is 11.4 Å². The van der Waals surface area contributed by atoms with Crippen LogP contribution in [0.1, 0.15) is 42.5 Å². The molecule has 9 nitrogen and oxygen atoms in total. The predicted molar refractivity (Wildman–Crippen MR) is 122 cm³/mol. The Labute approximate surface area is 186 Å². The maximum Gasteiger partial charge on any atom is 0.368 e. The van der Waals surface area contributed by atoms with Gasteiger partial charge in [0.1, 0.15) is 12.4 Å². The molecule has 0 saturated heterocycles. The quantitative estimate of drug-likeness (QED) is 0.338. The summed E-state index contributed by atoms with van der Waals surface area (Å²) in [6.07, 6.45) is 1.50. The van der Waals surface area contributed by atoms with Gasteiger partial charge >= 0.3 is 5.69 Å². The van der Waals surface area contributed by atoms with E-state index in [0.29, 0.717) is 18.0 Å². The Kier molecular flexibility index (Phi) is 6.16. The lowest BCUT2D eigenvalue weighted by atomic mass is 10.1. The fourth-order valence-electron chi connectivity index (χ4n) is 3.50. The molecule has 1 aromatic heterocycles. The van der Waals surface area contributed by atoms with Crippen molar-refractivity contribution in [3.63, 3.8) is 0 Å². The van der Waals surface area contributed by atoms with Crippen molar-refractivity contribution in [3.05, 3.63) is 69.1 Å². The Bertz CT molecular complexity index is 1250. The molecule has 166 valence electrons. The summed E-state index contributed by atoms with van der Waals surface area (Å²) in [5, 5.41) is 16.5. The number of fused-ring (bicyclic) bond motifs is 1. The molecule has 4 rings (SSSR count). The van der Waals surface area contributed by atoms with E-state index in [1.54, 1.807) is 7.05 Å². The van der Waals surface area contributed by atoms with E-state index < -0.39 is 0 Å². The van der Waals surface area contributed by atoms with Gasteiger partial charge in [-0.3, -0.25) is 0 Å². The maximum atomic E-state index is 12.3. The van der Waals surface area contributed by atoms with Gasteiger partial charge in [0.15, 0.2) is 0 Å². The Hall–Kier alpha value is -3.75. The Morgan fingerprint density at radius 3 is 2.81 bits per heavy atom. The van der Waals surface area contributed by atoms with Crippen molar-refractivity contribution in [1.82, 2.24) is 19.8 Å². The molecule has 2 aromatic carbocycles. The first-order valence-electron chi connectivity index (χ1n) is 10.6. The third-order valence-electron chi connectivity index (χ3n) is 5.44. The van der Waals surface area contributed by atoms with E-state index in [9.17, 15) is 4.79 Å². The molecule has 2 heterocycles. The van der Waals surface area contributed by atoms with E-state index in [4.69, 9.17) is 9.47 Å². The van der Waals surface area contributed by atoms with Crippen molar-refractivity contribution in [2.24, 2.45) is 17.3 Å². The molecule has 0 unspecified atom stereocenters. The summed E-state index contributed by atoms with van der Waals surface area (Å²) in [5.74, 6) is 1.45. The number of hydrogen-bond acceptors (Lipinski definition) is 7. The fraction of sp³-hybridized carbons (Fsp3) is 0.348. The van der Waals surface area contributed by atoms with Gasteiger partial charge in [0.25, 0.3) is 0 Å². The summed E-state index contributed by atoms with van der Waals surface area (Å²) in [6, 6.07) is 11.7. The van der Waals surface area contributed by atoms with Crippen molar-refractivity contribution in [1.29, 1.82) is 0 Å². The second-order valence-corrected chi connectivity index (χ2v) is 7.61. The summed E-state index contributed by atoms with van der Waals surface area (Å²) in [5.41, 5.74) is 5.15. The lowest BCUT2D eigenvalue weighted by Gasteiger charge is -2.13. The monoisotopic (exact) mass is 434 g/mol. The molecule has 3 aromatic rings. The van der Waals surface area contributed by atoms with Gasteiger partial charge in [-0.1, -0.05) is 19.1 Å². The molecule has 0 saturated carbocycles. The molecule has 0 N–H and O–H groups in total. The van der Waals surface area contributed by atoms with Gasteiger partial charge in [-0.15, -0.1) is 5.10 Å². The average Bonchev–Trinajstić information content (AvgIpc) is 3.40. The first kappa shape index (κ1) is 21.5. The molecular weight excluding hydrogens is 408 g/mol. The maximum absolute atomic E-state index is 12.3. The lowest BCUT2D eigenvalue weighted by Crippen LogP contribution is -2.23. The number of aryl methyl sites for hydroxylation is 2. The third kappa shape index (κ3) is 4.32. The molecule has 0 spiro atoms. The highest BCUT2D eigenvalue weighted by molar-refractivity contribution is 5.99. The van der Waals surface area contributed by atoms with Crippen molar-refractivity contribution in [2.75, 3.05) is 6.61 Å². The largest absolute Gasteiger partial charge is 0.493 e. The van der Waals surface area contributed by atoms with Crippen LogP contribution in [-0.2, 0) is 24.8 Å². The molecule has 0 bridgehead atoms. The van der Waals surface area contributed by atoms with Gasteiger partial charge in [-0.05, 0) is 65.2 Å². The van der Waals surface area contributed by atoms with Crippen LogP contribution in [0.15, 0.2) is 51.4 Å². The van der Waals surface area contributed by atoms with Crippen LogP contribution in [0.2, 0.25) is 0 Å². The number of rotatable bonds is 6. The summed E-state index contributed by atoms with van der Waals surface area (Å²) in [7, 11) is 1.56. The second-order valence-electron chi connectivity index (χ2n) is 7.61. The molecule has 1 aliphatic heterocycles. The number of ether oxygens (including phenoxy) is 2. The Morgan fingerprint density at radius 1 is 1.22 bits per heavy atom. The highest BCUT2D eigenvalue weighted by Gasteiger charge is 2.15. The Morgan fingerprint density at radius 2 is 2.06 bits per heavy atom. The molecule has 1 aliphatic rings. The first-order chi connectivity index (χ1) is 15.5. The van der Waals surface area contributed by atoms with Gasteiger partial charge in [-0.25, -0.2) is 4.79 Å². The van der Waals surface area contributed by atoms with E-state index in [1.807, 2.05) is 51.1 Å². The number of nitrogens with zero attached hydrogens (tertiary/aromatic N) is 6. The third-order valence-corrected chi connectivity index (χ3v) is 5.44. The Balaban J connectivity index is 1.54. The molecule has 0 radical (unpaired) electrons. The number of hydrogen-bond donors (Lipinski definition) is 0. The van der Waals surface area contributed by atoms with E-state index in [0.717, 1.165) is 41.2 Å². The van der Waals surface area contributed by atoms with E-state index in [2.05, 4.69) is 26.7 Å². The zero-order valence-corrected chi connectivity index (χ0v) is 18.7. The number of aromatic nitrogens is 4. The standard InChI is InChI=1S/C23H26N6O3/c1-5-22(25-24-16(3)17-9-10-21-18(13-17)11-12-31-21)32-14-19-15(2)7-6-8-20(19)29-23(30)28(4)26-27-29/h6-10,13H,5,11-12,14H2,1-4H3/b24-16+,25-22-. The van der Waals surface area contributed by atoms with E-state index >= 15 is 0 Å². The first-order valence-corrected chi connectivity index (χ1v) is 10.6. The van der Waals surface area contributed by atoms with Gasteiger partial charge in [0, 0.05) is 25.5 Å². The minimum atomic E-state index is -0.318. The number of tetrazole rings is 1. The summed E-state index contributed by atoms with van der Waals surface area (Å²) in [6.45, 7) is 6.81. The molecule has 9 heteroatoms. The smallest absolute Gasteiger partial charge is 0.368 e. The molecule has 0 atom stereocenters. The topological polar surface area (TPSA) is 95.9 Å². The summed E-state index contributed by atoms with van der Waals surface area (Å²) in [4.78, 5) is 12.3. The van der Waals surface area contributed by atoms with Crippen molar-refractivity contribution < 1.29 is 9.47 Å². The summed E-state index contributed by atoms with van der Waals surface area (Å²) >= 11 is 0. The SMILES string of the molecule is CC/C(=N/N=C(\C)c1ccc2c(c1)CCO2)OCc1c(C)cccc1-n1nnn(C)c1=O. The molecule has 32 heavy (non-hydrogen) atoms. The fourth-order valence-corrected chi connectivity index (χ4v) is 3.50. The van der Waals surface area contributed by atoms with E-state index in [-0.39, 0.29) is 12.3 Å². The highest BCUT2D eigenvalue weighted by atomic mass is 16.5. The molecule has 0 aliphatic carbocycles. The van der Waals surface area contributed by atoms with Crippen LogP contribution in [0.5, 0.6) is 5.75 Å². The van der Waals surface area contributed by atoms with Crippen LogP contribution in [0, 0.1) is 6.92 Å². The molecular formula is C23H26N6O3. The van der Waals surface area contributed by atoms with Crippen LogP contribution in [0.4, 0.5) is 0 Å². The van der Waals surface area contributed by atoms with Crippen LogP contribution >= 0.6 is 0 Å². The minimum absolute atomic E-state index is 0.239.